The Labute approximate surface area is 200 Å². The zero-order valence-electron chi connectivity index (χ0n) is 18.3. The van der Waals surface area contributed by atoms with Crippen LogP contribution in [0.3, 0.4) is 0 Å². The highest BCUT2D eigenvalue weighted by molar-refractivity contribution is 9.10. The predicted octanol–water partition coefficient (Wildman–Crippen LogP) is 3.71. The first-order valence-electron chi connectivity index (χ1n) is 10.5. The molecule has 0 bridgehead atoms. The van der Waals surface area contributed by atoms with Crippen molar-refractivity contribution in [2.45, 2.75) is 51.1 Å². The second kappa shape index (κ2) is 10.5. The number of ether oxygens (including phenoxy) is 1. The molecule has 1 aromatic carbocycles. The summed E-state index contributed by atoms with van der Waals surface area (Å²) in [6, 6.07) is 9.65. The van der Waals surface area contributed by atoms with E-state index in [2.05, 4.69) is 27.3 Å². The van der Waals surface area contributed by atoms with Gasteiger partial charge >= 0.3 is 5.97 Å². The summed E-state index contributed by atoms with van der Waals surface area (Å²) in [7, 11) is 1.22. The Bertz CT molecular complexity index is 980. The molecule has 0 aromatic heterocycles. The predicted molar refractivity (Wildman–Crippen MR) is 125 cm³/mol. The number of likely N-dealkylation sites (tertiary alicyclic amines) is 1. The maximum atomic E-state index is 13.0. The molecule has 0 unspecified atom stereocenters. The number of rotatable bonds is 5. The molecule has 2 aliphatic rings. The van der Waals surface area contributed by atoms with Gasteiger partial charge in [0.2, 0.25) is 11.8 Å². The van der Waals surface area contributed by atoms with Crippen LogP contribution in [0.1, 0.15) is 44.6 Å². The van der Waals surface area contributed by atoms with Gasteiger partial charge in [0.15, 0.2) is 0 Å². The lowest BCUT2D eigenvalue weighted by molar-refractivity contribution is -0.150. The van der Waals surface area contributed by atoms with Gasteiger partial charge in [-0.05, 0) is 50.8 Å². The summed E-state index contributed by atoms with van der Waals surface area (Å²) in [5.41, 5.74) is 0.888. The summed E-state index contributed by atoms with van der Waals surface area (Å²) in [5, 5.41) is 13.0. The monoisotopic (exact) mass is 519 g/mol. The van der Waals surface area contributed by atoms with Gasteiger partial charge in [0.1, 0.15) is 5.92 Å². The fourth-order valence-corrected chi connectivity index (χ4v) is 5.84. The van der Waals surface area contributed by atoms with E-state index in [0.29, 0.717) is 10.6 Å². The van der Waals surface area contributed by atoms with E-state index >= 15 is 0 Å². The maximum absolute atomic E-state index is 13.0. The van der Waals surface area contributed by atoms with Crippen LogP contribution in [-0.4, -0.2) is 47.6 Å². The van der Waals surface area contributed by atoms with Gasteiger partial charge in [-0.1, -0.05) is 39.8 Å². The van der Waals surface area contributed by atoms with E-state index in [-0.39, 0.29) is 29.3 Å². The van der Waals surface area contributed by atoms with Crippen LogP contribution in [0, 0.1) is 17.2 Å². The average molecular weight is 520 g/mol. The van der Waals surface area contributed by atoms with E-state index < -0.39 is 23.7 Å². The van der Waals surface area contributed by atoms with E-state index in [9.17, 15) is 19.6 Å². The highest BCUT2D eigenvalue weighted by Gasteiger charge is 2.44. The van der Waals surface area contributed by atoms with Crippen molar-refractivity contribution in [3.63, 3.8) is 0 Å². The molecule has 1 N–H and O–H groups in total. The summed E-state index contributed by atoms with van der Waals surface area (Å²) >= 11 is 4.54. The van der Waals surface area contributed by atoms with E-state index in [1.54, 1.807) is 18.2 Å². The molecule has 3 rings (SSSR count). The second-order valence-corrected chi connectivity index (χ2v) is 10.00. The van der Waals surface area contributed by atoms with Gasteiger partial charge in [0.25, 0.3) is 0 Å². The standard InChI is InChI=1S/C23H26BrN3O4S/c1-13-6-4-7-14(2)27(13)18(28)12-32-22-17(11-25)19(15-8-5-9-16(24)10-15)20(21(29)26-22)23(30)31-3/h5,8-10,13-14,19-20H,4,6-7,12H2,1-3H3,(H,26,29)/t13-,14+,19-,20-/m0/s1. The van der Waals surface area contributed by atoms with Crippen LogP contribution in [0.5, 0.6) is 0 Å². The van der Waals surface area contributed by atoms with E-state index in [4.69, 9.17) is 4.74 Å². The van der Waals surface area contributed by atoms with Crippen molar-refractivity contribution in [3.05, 3.63) is 44.9 Å². The molecule has 2 amide bonds. The topological polar surface area (TPSA) is 99.5 Å². The molecule has 2 aliphatic heterocycles. The number of carbonyl (C=O) groups is 3. The van der Waals surface area contributed by atoms with Crippen LogP contribution in [0.25, 0.3) is 0 Å². The molecule has 0 aliphatic carbocycles. The maximum Gasteiger partial charge on any atom is 0.319 e. The number of allylic oxidation sites excluding steroid dienone is 1. The van der Waals surface area contributed by atoms with Gasteiger partial charge in [0, 0.05) is 22.5 Å². The smallest absolute Gasteiger partial charge is 0.319 e. The van der Waals surface area contributed by atoms with Crippen molar-refractivity contribution < 1.29 is 19.1 Å². The van der Waals surface area contributed by atoms with Crippen LogP contribution < -0.4 is 5.32 Å². The summed E-state index contributed by atoms with van der Waals surface area (Å²) < 4.78 is 5.62. The number of carbonyl (C=O) groups excluding carboxylic acids is 3. The number of hydrogen-bond acceptors (Lipinski definition) is 6. The van der Waals surface area contributed by atoms with Crippen LogP contribution >= 0.6 is 27.7 Å². The molecule has 1 fully saturated rings. The van der Waals surface area contributed by atoms with Crippen molar-refractivity contribution in [2.75, 3.05) is 12.9 Å². The van der Waals surface area contributed by atoms with Gasteiger partial charge in [-0.15, -0.1) is 0 Å². The number of nitriles is 1. The Balaban J connectivity index is 1.93. The average Bonchev–Trinajstić information content (AvgIpc) is 2.76. The molecule has 32 heavy (non-hydrogen) atoms. The van der Waals surface area contributed by atoms with Crippen molar-refractivity contribution in [1.29, 1.82) is 5.26 Å². The minimum atomic E-state index is -1.19. The van der Waals surface area contributed by atoms with Gasteiger partial charge < -0.3 is 15.0 Å². The lowest BCUT2D eigenvalue weighted by Crippen LogP contribution is -2.48. The lowest BCUT2D eigenvalue weighted by Gasteiger charge is -2.39. The fraction of sp³-hybridized carbons (Fsp3) is 0.478. The Hall–Kier alpha value is -2.31. The number of halogens is 1. The number of thioether (sulfide) groups is 1. The molecule has 0 saturated carbocycles. The Morgan fingerprint density at radius 1 is 1.31 bits per heavy atom. The first-order chi connectivity index (χ1) is 15.3. The highest BCUT2D eigenvalue weighted by Crippen LogP contribution is 2.41. The van der Waals surface area contributed by atoms with Crippen molar-refractivity contribution >= 4 is 45.5 Å². The first-order valence-corrected chi connectivity index (χ1v) is 12.3. The molecule has 1 aromatic rings. The minimum Gasteiger partial charge on any atom is -0.468 e. The summed E-state index contributed by atoms with van der Waals surface area (Å²) in [6.45, 7) is 4.09. The number of piperidine rings is 1. The molecule has 9 heteroatoms. The normalized spacial score (nSPS) is 25.7. The van der Waals surface area contributed by atoms with Gasteiger partial charge in [0.05, 0.1) is 29.5 Å². The van der Waals surface area contributed by atoms with Crippen LogP contribution in [0.15, 0.2) is 39.3 Å². The molecule has 170 valence electrons. The van der Waals surface area contributed by atoms with Crippen LogP contribution in [0.2, 0.25) is 0 Å². The number of methoxy groups -OCH3 is 1. The quantitative estimate of drug-likeness (QED) is 0.470. The Morgan fingerprint density at radius 2 is 2.00 bits per heavy atom. The second-order valence-electron chi connectivity index (χ2n) is 8.10. The van der Waals surface area contributed by atoms with Crippen LogP contribution in [0.4, 0.5) is 0 Å². The van der Waals surface area contributed by atoms with Crippen molar-refractivity contribution in [2.24, 2.45) is 5.92 Å². The SMILES string of the molecule is COC(=O)[C@@H]1C(=O)NC(SCC(=O)N2[C@H](C)CCC[C@@H]2C)=C(C#N)[C@@H]1c1cccc(Br)c1. The fourth-order valence-electron chi connectivity index (χ4n) is 4.50. The lowest BCUT2D eigenvalue weighted by atomic mass is 9.78. The Morgan fingerprint density at radius 3 is 2.59 bits per heavy atom. The number of nitrogens with one attached hydrogen (secondary N) is 1. The molecular weight excluding hydrogens is 494 g/mol. The zero-order chi connectivity index (χ0) is 23.4. The highest BCUT2D eigenvalue weighted by atomic mass is 79.9. The molecule has 0 radical (unpaired) electrons. The Kier molecular flexibility index (Phi) is 8.01. The largest absolute Gasteiger partial charge is 0.468 e. The molecule has 0 spiro atoms. The molecular formula is C23H26BrN3O4S. The van der Waals surface area contributed by atoms with Gasteiger partial charge in [-0.25, -0.2) is 0 Å². The van der Waals surface area contributed by atoms with Gasteiger partial charge in [-0.3, -0.25) is 14.4 Å². The number of nitrogens with zero attached hydrogens (tertiary/aromatic N) is 2. The molecule has 2 heterocycles. The molecule has 7 nitrogen and oxygen atoms in total. The van der Waals surface area contributed by atoms with E-state index in [1.807, 2.05) is 24.8 Å². The third kappa shape index (κ3) is 5.02. The van der Waals surface area contributed by atoms with Crippen molar-refractivity contribution in [3.8, 4) is 6.07 Å². The minimum absolute atomic E-state index is 0.0252. The van der Waals surface area contributed by atoms with Crippen LogP contribution in [-0.2, 0) is 19.1 Å². The summed E-state index contributed by atoms with van der Waals surface area (Å²) in [6.07, 6.45) is 3.03. The zero-order valence-corrected chi connectivity index (χ0v) is 20.7. The summed E-state index contributed by atoms with van der Waals surface area (Å²) in [4.78, 5) is 40.2. The number of hydrogen-bond donors (Lipinski definition) is 1. The number of benzene rings is 1. The van der Waals surface area contributed by atoms with E-state index in [1.165, 1.54) is 7.11 Å². The number of esters is 1. The van der Waals surface area contributed by atoms with E-state index in [0.717, 1.165) is 35.5 Å². The van der Waals surface area contributed by atoms with Gasteiger partial charge in [-0.2, -0.15) is 5.26 Å². The first kappa shape index (κ1) is 24.3. The number of amides is 2. The molecule has 1 saturated heterocycles. The third-order valence-electron chi connectivity index (χ3n) is 6.01. The van der Waals surface area contributed by atoms with Crippen molar-refractivity contribution in [1.82, 2.24) is 10.2 Å². The summed E-state index contributed by atoms with van der Waals surface area (Å²) in [5.74, 6) is -3.17. The molecule has 4 atom stereocenters. The third-order valence-corrected chi connectivity index (χ3v) is 7.51.